The van der Waals surface area contributed by atoms with Crippen molar-refractivity contribution in [3.8, 4) is 12.3 Å². The van der Waals surface area contributed by atoms with Crippen LogP contribution in [0.3, 0.4) is 0 Å². The van der Waals surface area contributed by atoms with Gasteiger partial charge in [0, 0.05) is 30.6 Å². The quantitative estimate of drug-likeness (QED) is 0.151. The number of carboxylic acids is 1. The third-order valence-corrected chi connectivity index (χ3v) is 6.67. The zero-order valence-electron chi connectivity index (χ0n) is 22.7. The molecule has 4 heterocycles. The van der Waals surface area contributed by atoms with Crippen LogP contribution in [0.2, 0.25) is 5.28 Å². The highest BCUT2D eigenvalue weighted by molar-refractivity contribution is 6.28. The van der Waals surface area contributed by atoms with E-state index in [-0.39, 0.29) is 30.7 Å². The number of carboxylic acid groups (broad SMARTS) is 1. The number of anilines is 1. The van der Waals surface area contributed by atoms with E-state index in [4.69, 9.17) is 43.1 Å². The van der Waals surface area contributed by atoms with Gasteiger partial charge in [-0.15, -0.1) is 6.42 Å². The molecular weight excluding hydrogens is 562 g/mol. The third-order valence-electron chi connectivity index (χ3n) is 6.51. The second-order valence-electron chi connectivity index (χ2n) is 9.51. The normalized spacial score (nSPS) is 17.6. The van der Waals surface area contributed by atoms with Gasteiger partial charge >= 0.3 is 12.1 Å². The maximum absolute atomic E-state index is 12.0. The minimum Gasteiger partial charge on any atom is -0.481 e. The molecule has 1 aromatic carbocycles. The van der Waals surface area contributed by atoms with Crippen LogP contribution in [0.1, 0.15) is 43.0 Å². The number of ether oxygens (including phenoxy) is 3. The molecule has 12 heteroatoms. The number of hydrogen-bond acceptors (Lipinski definition) is 9. The van der Waals surface area contributed by atoms with E-state index in [1.807, 2.05) is 30.3 Å². The molecule has 0 aliphatic carbocycles. The summed E-state index contributed by atoms with van der Waals surface area (Å²) in [5.74, 6) is 2.17. The molecule has 1 aliphatic heterocycles. The fraction of sp³-hybridized carbons (Fsp3) is 0.300. The number of nitrogens with zero attached hydrogens (tertiary/aromatic N) is 4. The van der Waals surface area contributed by atoms with Gasteiger partial charge in [-0.05, 0) is 55.0 Å². The number of aromatic nitrogens is 4. The van der Waals surface area contributed by atoms with Gasteiger partial charge in [0.05, 0.1) is 5.39 Å². The Kier molecular flexibility index (Phi) is 10.3. The van der Waals surface area contributed by atoms with Crippen molar-refractivity contribution in [2.24, 2.45) is 0 Å². The number of hydrogen-bond donors (Lipinski definition) is 2. The molecule has 3 aromatic heterocycles. The number of terminal acetylenes is 1. The summed E-state index contributed by atoms with van der Waals surface area (Å²) in [6.07, 6.45) is 12.4. The molecule has 0 amide bonds. The molecule has 0 radical (unpaired) electrons. The summed E-state index contributed by atoms with van der Waals surface area (Å²) in [6, 6.07) is 15.3. The van der Waals surface area contributed by atoms with Gasteiger partial charge < -0.3 is 29.6 Å². The lowest BCUT2D eigenvalue weighted by Crippen LogP contribution is -2.34. The van der Waals surface area contributed by atoms with E-state index < -0.39 is 24.0 Å². The number of pyridine rings is 1. The Morgan fingerprint density at radius 1 is 1.17 bits per heavy atom. The summed E-state index contributed by atoms with van der Waals surface area (Å²) in [5.41, 5.74) is 7.33. The summed E-state index contributed by atoms with van der Waals surface area (Å²) in [6.45, 7) is -0.0839. The smallest absolute Gasteiger partial charge is 0.481 e. The first-order chi connectivity index (χ1) is 20.3. The molecule has 0 saturated carbocycles. The number of halogens is 1. The summed E-state index contributed by atoms with van der Waals surface area (Å²) in [4.78, 5) is 34.3. The highest BCUT2D eigenvalue weighted by Gasteiger charge is 2.41. The third kappa shape index (κ3) is 8.19. The molecule has 42 heavy (non-hydrogen) atoms. The molecule has 5 rings (SSSR count). The molecule has 4 aromatic rings. The van der Waals surface area contributed by atoms with Gasteiger partial charge in [0.25, 0.3) is 0 Å². The fourth-order valence-corrected chi connectivity index (χ4v) is 4.55. The van der Waals surface area contributed by atoms with Crippen LogP contribution in [0.15, 0.2) is 67.1 Å². The van der Waals surface area contributed by atoms with Crippen LogP contribution in [-0.2, 0) is 32.0 Å². The van der Waals surface area contributed by atoms with Gasteiger partial charge in [0.15, 0.2) is 5.60 Å². The summed E-state index contributed by atoms with van der Waals surface area (Å²) in [7, 11) is 0. The first-order valence-corrected chi connectivity index (χ1v) is 13.6. The largest absolute Gasteiger partial charge is 0.508 e. The average molecular weight is 592 g/mol. The van der Waals surface area contributed by atoms with Crippen LogP contribution in [0.25, 0.3) is 11.0 Å². The highest BCUT2D eigenvalue weighted by Crippen LogP contribution is 2.38. The van der Waals surface area contributed by atoms with Crippen molar-refractivity contribution in [3.63, 3.8) is 0 Å². The molecular formula is C30H30ClN5O6. The van der Waals surface area contributed by atoms with Crippen molar-refractivity contribution in [3.05, 3.63) is 83.5 Å². The van der Waals surface area contributed by atoms with E-state index in [0.29, 0.717) is 23.9 Å². The predicted octanol–water partition coefficient (Wildman–Crippen LogP) is 5.19. The van der Waals surface area contributed by atoms with Gasteiger partial charge in [-0.2, -0.15) is 4.98 Å². The second kappa shape index (κ2) is 14.3. The number of benzene rings is 1. The number of carbonyl (C=O) groups is 2. The monoisotopic (exact) mass is 591 g/mol. The van der Waals surface area contributed by atoms with Crippen molar-refractivity contribution in [1.29, 1.82) is 0 Å². The zero-order chi connectivity index (χ0) is 30.0. The molecule has 1 fully saturated rings. The van der Waals surface area contributed by atoms with Crippen molar-refractivity contribution in [1.82, 2.24) is 19.5 Å². The van der Waals surface area contributed by atoms with E-state index in [1.165, 1.54) is 5.56 Å². The summed E-state index contributed by atoms with van der Waals surface area (Å²) < 4.78 is 18.2. The van der Waals surface area contributed by atoms with Gasteiger partial charge in [-0.1, -0.05) is 42.3 Å². The molecule has 0 bridgehead atoms. The lowest BCUT2D eigenvalue weighted by Gasteiger charge is -2.23. The van der Waals surface area contributed by atoms with E-state index >= 15 is 0 Å². The number of rotatable bonds is 9. The second-order valence-corrected chi connectivity index (χ2v) is 9.85. The molecule has 1 aliphatic rings. The van der Waals surface area contributed by atoms with E-state index in [2.05, 4.69) is 20.9 Å². The zero-order valence-corrected chi connectivity index (χ0v) is 23.4. The van der Waals surface area contributed by atoms with Crippen LogP contribution in [0.4, 0.5) is 10.6 Å². The number of nitrogens with two attached hydrogens (primary N) is 1. The lowest BCUT2D eigenvalue weighted by molar-refractivity contribution is -0.137. The molecule has 11 nitrogen and oxygen atoms in total. The summed E-state index contributed by atoms with van der Waals surface area (Å²) >= 11 is 5.94. The van der Waals surface area contributed by atoms with Crippen molar-refractivity contribution in [2.45, 2.75) is 50.5 Å². The summed E-state index contributed by atoms with van der Waals surface area (Å²) in [5, 5.41) is 9.10. The number of fused-ring (bicyclic) bond motifs is 1. The molecule has 2 atom stereocenters. The molecule has 3 N–H and O–H groups in total. The Bertz CT molecular complexity index is 1540. The van der Waals surface area contributed by atoms with Crippen molar-refractivity contribution >= 4 is 40.6 Å². The molecule has 0 spiro atoms. The maximum Gasteiger partial charge on any atom is 0.508 e. The minimum absolute atomic E-state index is 0.0425. The topological polar surface area (TPSA) is 152 Å². The molecule has 218 valence electrons. The van der Waals surface area contributed by atoms with Crippen molar-refractivity contribution in [2.75, 3.05) is 12.3 Å². The van der Waals surface area contributed by atoms with Crippen LogP contribution < -0.4 is 5.73 Å². The molecule has 0 unspecified atom stereocenters. The predicted molar refractivity (Wildman–Crippen MR) is 155 cm³/mol. The van der Waals surface area contributed by atoms with E-state index in [1.54, 1.807) is 41.4 Å². The Morgan fingerprint density at radius 2 is 1.95 bits per heavy atom. The van der Waals surface area contributed by atoms with Gasteiger partial charge in [-0.3, -0.25) is 9.78 Å². The Morgan fingerprint density at radius 3 is 2.67 bits per heavy atom. The van der Waals surface area contributed by atoms with E-state index in [9.17, 15) is 9.59 Å². The first kappa shape index (κ1) is 30.3. The first-order valence-electron chi connectivity index (χ1n) is 13.2. The van der Waals surface area contributed by atoms with Crippen LogP contribution in [0, 0.1) is 12.3 Å². The minimum atomic E-state index is -1.07. The van der Waals surface area contributed by atoms with Gasteiger partial charge in [-0.25, -0.2) is 9.78 Å². The average Bonchev–Trinajstić information content (AvgIpc) is 3.61. The van der Waals surface area contributed by atoms with Crippen LogP contribution >= 0.6 is 11.6 Å². The standard InChI is InChI=1S/C20H18ClN5O4.C10H12O2/c1-2-20(12-29-19(27)28-11-13-4-3-8-23-10-13)7-5-15(30-20)26-9-6-14-16(22)24-18(21)25-17(14)26;11-10(12)8-4-7-9-5-2-1-3-6-9/h1,3-4,6,8-10,15H,5,7,11-12H2,(H2,22,24,25);1-3,5-6H,4,7-8H2,(H,11,12)/t15-,20+;/m1./s1. The maximum atomic E-state index is 12.0. The Balaban J connectivity index is 0.000000283. The lowest BCUT2D eigenvalue weighted by atomic mass is 10.0. The van der Waals surface area contributed by atoms with E-state index in [0.717, 1.165) is 18.4 Å². The Hall–Kier alpha value is -4.66. The van der Waals surface area contributed by atoms with Gasteiger partial charge in [0.1, 0.15) is 30.9 Å². The Labute approximate surface area is 247 Å². The van der Waals surface area contributed by atoms with Crippen molar-refractivity contribution < 1.29 is 28.9 Å². The molecule has 1 saturated heterocycles. The highest BCUT2D eigenvalue weighted by atomic mass is 35.5. The van der Waals surface area contributed by atoms with Crippen LogP contribution in [-0.4, -0.2) is 49.0 Å². The number of carbonyl (C=O) groups excluding carboxylic acids is 1. The number of aryl methyl sites for hydroxylation is 1. The van der Waals surface area contributed by atoms with Gasteiger partial charge in [0.2, 0.25) is 5.28 Å². The van der Waals surface area contributed by atoms with Crippen LogP contribution in [0.5, 0.6) is 0 Å². The number of aliphatic carboxylic acids is 1. The number of nitrogen functional groups attached to an aromatic ring is 1. The fourth-order valence-electron chi connectivity index (χ4n) is 4.38. The SMILES string of the molecule is C#C[C@@]1(COC(=O)OCc2cccnc2)CC[C@H](n2ccc3c(N)nc(Cl)nc32)O1.O=C(O)CCCc1ccccc1.